The Balaban J connectivity index is 1.20. The first-order valence-electron chi connectivity index (χ1n) is 16.0. The number of benzene rings is 1. The van der Waals surface area contributed by atoms with Crippen LogP contribution in [0.15, 0.2) is 30.3 Å². The number of carbonyl (C=O) groups excluding carboxylic acids is 2. The molecule has 2 bridgehead atoms. The summed E-state index contributed by atoms with van der Waals surface area (Å²) in [5.41, 5.74) is 0.726. The van der Waals surface area contributed by atoms with Gasteiger partial charge in [-0.2, -0.15) is 0 Å². The molecule has 8 nitrogen and oxygen atoms in total. The number of amides is 3. The largest absolute Gasteiger partial charge is 0.444 e. The minimum Gasteiger partial charge on any atom is -0.444 e. The number of piperidine rings is 1. The highest BCUT2D eigenvalue weighted by atomic mass is 16.6. The third-order valence-corrected chi connectivity index (χ3v) is 10.3. The number of carbonyl (C=O) groups is 2. The molecule has 1 aromatic carbocycles. The van der Waals surface area contributed by atoms with Gasteiger partial charge in [0.2, 0.25) is 0 Å². The second-order valence-electron chi connectivity index (χ2n) is 14.6. The second kappa shape index (κ2) is 11.1. The predicted octanol–water partition coefficient (Wildman–Crippen LogP) is 5.33. The molecule has 5 aliphatic heterocycles. The molecule has 0 N–H and O–H groups in total. The van der Waals surface area contributed by atoms with Crippen LogP contribution in [0.4, 0.5) is 9.59 Å². The molecule has 1 spiro atoms. The average Bonchev–Trinajstić information content (AvgIpc) is 3.55. The summed E-state index contributed by atoms with van der Waals surface area (Å²) in [6.07, 6.45) is 6.18. The molecule has 4 atom stereocenters. The number of nitrogens with zero attached hydrogens (tertiary/aromatic N) is 4. The number of rotatable bonds is 5. The highest BCUT2D eigenvalue weighted by Crippen LogP contribution is 2.49. The Hall–Kier alpha value is -2.32. The molecule has 5 aliphatic rings. The topological polar surface area (TPSA) is 65.6 Å². The zero-order chi connectivity index (χ0) is 28.9. The Bertz CT molecular complexity index is 1080. The number of ether oxygens (including phenoxy) is 2. The minimum atomic E-state index is -0.503. The van der Waals surface area contributed by atoms with E-state index in [1.807, 2.05) is 25.7 Å². The van der Waals surface area contributed by atoms with Crippen LogP contribution in [0.1, 0.15) is 84.6 Å². The molecule has 0 saturated carbocycles. The summed E-state index contributed by atoms with van der Waals surface area (Å²) in [6, 6.07) is 12.4. The van der Waals surface area contributed by atoms with Crippen molar-refractivity contribution in [1.29, 1.82) is 0 Å². The van der Waals surface area contributed by atoms with Crippen LogP contribution in [-0.4, -0.2) is 106 Å². The number of fused-ring (bicyclic) bond motifs is 2. The summed E-state index contributed by atoms with van der Waals surface area (Å²) in [4.78, 5) is 36.1. The van der Waals surface area contributed by atoms with Gasteiger partial charge in [0.05, 0.1) is 5.54 Å². The standard InChI is InChI=1S/C33H50N4O4/c1-23(2)37-30(38)36(26-13-15-40-16-14-26)22-33(37)17-27-11-12-28(18-33)35(27)20-25-19-34(31(39)41-32(3,4)5)21-29(25)24-9-7-6-8-10-24/h6-10,23,25-29H,11-22H2,1-5H3/t25-,27?,28?,29-,33?/m1/s1. The molecule has 8 heteroatoms. The average molecular weight is 567 g/mol. The van der Waals surface area contributed by atoms with Gasteiger partial charge in [0, 0.05) is 69.5 Å². The van der Waals surface area contributed by atoms with Crippen molar-refractivity contribution < 1.29 is 19.1 Å². The predicted molar refractivity (Wildman–Crippen MR) is 159 cm³/mol. The number of hydrogen-bond donors (Lipinski definition) is 0. The molecule has 41 heavy (non-hydrogen) atoms. The van der Waals surface area contributed by atoms with Gasteiger partial charge >= 0.3 is 12.1 Å². The van der Waals surface area contributed by atoms with Crippen molar-refractivity contribution in [3.63, 3.8) is 0 Å². The van der Waals surface area contributed by atoms with Gasteiger partial charge in [-0.05, 0) is 84.6 Å². The summed E-state index contributed by atoms with van der Waals surface area (Å²) in [5.74, 6) is 0.649. The van der Waals surface area contributed by atoms with E-state index in [-0.39, 0.29) is 23.7 Å². The Morgan fingerprint density at radius 2 is 1.66 bits per heavy atom. The van der Waals surface area contributed by atoms with Crippen molar-refractivity contribution >= 4 is 12.1 Å². The molecule has 2 unspecified atom stereocenters. The van der Waals surface area contributed by atoms with E-state index in [4.69, 9.17) is 9.47 Å². The molecule has 226 valence electrons. The van der Waals surface area contributed by atoms with E-state index in [2.05, 4.69) is 58.9 Å². The Morgan fingerprint density at radius 3 is 2.27 bits per heavy atom. The first kappa shape index (κ1) is 28.8. The van der Waals surface area contributed by atoms with Gasteiger partial charge < -0.3 is 24.2 Å². The van der Waals surface area contributed by atoms with Crippen LogP contribution >= 0.6 is 0 Å². The van der Waals surface area contributed by atoms with Gasteiger partial charge in [0.15, 0.2) is 0 Å². The van der Waals surface area contributed by atoms with E-state index in [0.29, 0.717) is 36.5 Å². The van der Waals surface area contributed by atoms with Crippen molar-refractivity contribution in [1.82, 2.24) is 19.6 Å². The van der Waals surface area contributed by atoms with Gasteiger partial charge in [-0.3, -0.25) is 4.90 Å². The van der Waals surface area contributed by atoms with E-state index >= 15 is 0 Å². The van der Waals surface area contributed by atoms with Crippen molar-refractivity contribution in [3.8, 4) is 0 Å². The van der Waals surface area contributed by atoms with E-state index in [1.165, 1.54) is 18.4 Å². The number of hydrogen-bond acceptors (Lipinski definition) is 5. The molecule has 1 aromatic rings. The third-order valence-electron chi connectivity index (χ3n) is 10.3. The smallest absolute Gasteiger partial charge is 0.410 e. The zero-order valence-corrected chi connectivity index (χ0v) is 25.8. The molecular weight excluding hydrogens is 516 g/mol. The maximum absolute atomic E-state index is 13.9. The van der Waals surface area contributed by atoms with Crippen LogP contribution in [0.5, 0.6) is 0 Å². The quantitative estimate of drug-likeness (QED) is 0.482. The molecule has 6 rings (SSSR count). The molecule has 5 fully saturated rings. The highest BCUT2D eigenvalue weighted by Gasteiger charge is 2.59. The van der Waals surface area contributed by atoms with Crippen LogP contribution in [0.25, 0.3) is 0 Å². The van der Waals surface area contributed by atoms with Gasteiger partial charge in [0.25, 0.3) is 0 Å². The van der Waals surface area contributed by atoms with E-state index in [1.54, 1.807) is 0 Å². The monoisotopic (exact) mass is 566 g/mol. The van der Waals surface area contributed by atoms with Crippen molar-refractivity contribution in [2.45, 2.75) is 114 Å². The number of urea groups is 1. The molecule has 5 saturated heterocycles. The van der Waals surface area contributed by atoms with Crippen molar-refractivity contribution in [2.75, 3.05) is 39.4 Å². The second-order valence-corrected chi connectivity index (χ2v) is 14.6. The third kappa shape index (κ3) is 5.58. The Morgan fingerprint density at radius 1 is 1.00 bits per heavy atom. The molecule has 0 aliphatic carbocycles. The Kier molecular flexibility index (Phi) is 7.77. The van der Waals surface area contributed by atoms with Crippen LogP contribution in [0, 0.1) is 5.92 Å². The zero-order valence-electron chi connectivity index (χ0n) is 25.8. The van der Waals surface area contributed by atoms with Gasteiger partial charge in [-0.15, -0.1) is 0 Å². The van der Waals surface area contributed by atoms with Gasteiger partial charge in [-0.25, -0.2) is 9.59 Å². The fourth-order valence-electron chi connectivity index (χ4n) is 8.77. The maximum Gasteiger partial charge on any atom is 0.410 e. The summed E-state index contributed by atoms with van der Waals surface area (Å²) < 4.78 is 11.4. The lowest BCUT2D eigenvalue weighted by molar-refractivity contribution is 0.00583. The normalized spacial score (nSPS) is 33.0. The molecule has 3 amide bonds. The van der Waals surface area contributed by atoms with Crippen LogP contribution in [0.2, 0.25) is 0 Å². The van der Waals surface area contributed by atoms with E-state index in [9.17, 15) is 9.59 Å². The lowest BCUT2D eigenvalue weighted by Gasteiger charge is -2.50. The van der Waals surface area contributed by atoms with Crippen molar-refractivity contribution in [3.05, 3.63) is 35.9 Å². The summed E-state index contributed by atoms with van der Waals surface area (Å²) in [6.45, 7) is 15.0. The number of likely N-dealkylation sites (tertiary alicyclic amines) is 1. The van der Waals surface area contributed by atoms with Crippen LogP contribution < -0.4 is 0 Å². The Labute approximate surface area is 246 Å². The van der Waals surface area contributed by atoms with Crippen LogP contribution in [-0.2, 0) is 9.47 Å². The maximum atomic E-state index is 13.9. The molecule has 0 aromatic heterocycles. The van der Waals surface area contributed by atoms with Crippen molar-refractivity contribution in [2.24, 2.45) is 5.92 Å². The van der Waals surface area contributed by atoms with E-state index < -0.39 is 5.60 Å². The summed E-state index contributed by atoms with van der Waals surface area (Å²) >= 11 is 0. The summed E-state index contributed by atoms with van der Waals surface area (Å²) in [7, 11) is 0. The van der Waals surface area contributed by atoms with Gasteiger partial charge in [0.1, 0.15) is 5.60 Å². The SMILES string of the molecule is CC(C)N1C(=O)N(C2CCOCC2)CC12CC1CCC(C2)N1C[C@H]1CN(C(=O)OC(C)(C)C)C[C@@H]1c1ccccc1. The first-order valence-corrected chi connectivity index (χ1v) is 16.0. The highest BCUT2D eigenvalue weighted by molar-refractivity contribution is 5.79. The lowest BCUT2D eigenvalue weighted by atomic mass is 9.80. The molecule has 5 heterocycles. The molecule has 0 radical (unpaired) electrons. The first-order chi connectivity index (χ1) is 19.5. The van der Waals surface area contributed by atoms with Gasteiger partial charge in [-0.1, -0.05) is 30.3 Å². The fraction of sp³-hybridized carbons (Fsp3) is 0.758. The fourth-order valence-corrected chi connectivity index (χ4v) is 8.77. The molecular formula is C33H50N4O4. The summed E-state index contributed by atoms with van der Waals surface area (Å²) in [5, 5.41) is 0. The van der Waals surface area contributed by atoms with Crippen LogP contribution in [0.3, 0.4) is 0 Å². The lowest BCUT2D eigenvalue weighted by Crippen LogP contribution is -2.60. The minimum absolute atomic E-state index is 0.0804. The van der Waals surface area contributed by atoms with E-state index in [0.717, 1.165) is 58.5 Å².